The molecule has 0 saturated carbocycles. The van der Waals surface area contributed by atoms with Gasteiger partial charge in [0.05, 0.1) is 0 Å². The fourth-order valence-electron chi connectivity index (χ4n) is 0.575. The molecule has 0 aromatic carbocycles. The standard InChI is InChI=1S/C5H12Cl3P/c1-2-3-4-5-9(6,7)8/h9H,2-5H2,1H3. The van der Waals surface area contributed by atoms with E-state index in [1.165, 1.54) is 12.8 Å². The molecule has 0 aromatic heterocycles. The van der Waals surface area contributed by atoms with Crippen LogP contribution in [0, 0.1) is 0 Å². The first kappa shape index (κ1) is 10.3. The minimum atomic E-state index is -2.28. The van der Waals surface area contributed by atoms with Crippen molar-refractivity contribution in [3.05, 3.63) is 0 Å². The molecular formula is C5H12Cl3P. The SMILES string of the molecule is CCCCC[PH](Cl)(Cl)Cl. The van der Waals surface area contributed by atoms with Gasteiger partial charge in [-0.1, -0.05) is 0 Å². The third-order valence-electron chi connectivity index (χ3n) is 1.06. The molecule has 9 heavy (non-hydrogen) atoms. The van der Waals surface area contributed by atoms with Crippen molar-refractivity contribution < 1.29 is 0 Å². The molecule has 0 aliphatic heterocycles. The van der Waals surface area contributed by atoms with Crippen molar-refractivity contribution in [2.24, 2.45) is 0 Å². The Morgan fingerprint density at radius 2 is 1.67 bits per heavy atom. The summed E-state index contributed by atoms with van der Waals surface area (Å²) in [5, 5.41) is -2.28. The van der Waals surface area contributed by atoms with Gasteiger partial charge in [0.25, 0.3) is 0 Å². The molecule has 0 heterocycles. The molecule has 0 N–H and O–H groups in total. The van der Waals surface area contributed by atoms with Gasteiger partial charge in [-0.05, 0) is 0 Å². The summed E-state index contributed by atoms with van der Waals surface area (Å²) in [5.74, 6) is 0. The monoisotopic (exact) mass is 208 g/mol. The summed E-state index contributed by atoms with van der Waals surface area (Å²) < 4.78 is 0. The summed E-state index contributed by atoms with van der Waals surface area (Å²) in [6, 6.07) is 0. The van der Waals surface area contributed by atoms with Gasteiger partial charge in [-0.2, -0.15) is 0 Å². The van der Waals surface area contributed by atoms with E-state index in [0.717, 1.165) is 12.6 Å². The van der Waals surface area contributed by atoms with Gasteiger partial charge < -0.3 is 0 Å². The molecule has 0 radical (unpaired) electrons. The molecule has 0 unspecified atom stereocenters. The molecule has 0 bridgehead atoms. The van der Waals surface area contributed by atoms with Crippen molar-refractivity contribution in [1.29, 1.82) is 0 Å². The van der Waals surface area contributed by atoms with Crippen LogP contribution in [0.2, 0.25) is 0 Å². The number of halogens is 3. The molecule has 58 valence electrons. The van der Waals surface area contributed by atoms with Crippen molar-refractivity contribution in [1.82, 2.24) is 0 Å². The Balaban J connectivity index is 3.07. The third kappa shape index (κ3) is 9.30. The molecule has 0 rings (SSSR count). The second-order valence-corrected chi connectivity index (χ2v) is 11.4. The topological polar surface area (TPSA) is 0 Å². The van der Waals surface area contributed by atoms with Crippen LogP contribution in [0.1, 0.15) is 26.2 Å². The van der Waals surface area contributed by atoms with Crippen molar-refractivity contribution in [2.45, 2.75) is 26.2 Å². The molecule has 0 spiro atoms. The zero-order valence-corrected chi connectivity index (χ0v) is 8.73. The van der Waals surface area contributed by atoms with E-state index in [1.54, 1.807) is 0 Å². The molecule has 0 nitrogen and oxygen atoms in total. The van der Waals surface area contributed by atoms with Gasteiger partial charge >= 0.3 is 71.4 Å². The van der Waals surface area contributed by atoms with Gasteiger partial charge in [0, 0.05) is 0 Å². The van der Waals surface area contributed by atoms with Crippen molar-refractivity contribution in [2.75, 3.05) is 6.16 Å². The molecule has 0 aliphatic rings. The Bertz CT molecular complexity index is 69.1. The van der Waals surface area contributed by atoms with E-state index in [2.05, 4.69) is 6.92 Å². The number of unbranched alkanes of at least 4 members (excludes halogenated alkanes) is 2. The van der Waals surface area contributed by atoms with E-state index < -0.39 is 5.32 Å². The van der Waals surface area contributed by atoms with Crippen LogP contribution >= 0.6 is 39.0 Å². The molecule has 0 fully saturated rings. The van der Waals surface area contributed by atoms with Crippen LogP contribution in [0.25, 0.3) is 0 Å². The quantitative estimate of drug-likeness (QED) is 0.476. The van der Waals surface area contributed by atoms with E-state index in [9.17, 15) is 0 Å². The normalized spacial score (nSPS) is 13.8. The first-order valence-corrected chi connectivity index (χ1v) is 8.37. The van der Waals surface area contributed by atoms with E-state index in [4.69, 9.17) is 33.7 Å². The molecule has 4 heteroatoms. The Morgan fingerprint density at radius 1 is 1.11 bits per heavy atom. The van der Waals surface area contributed by atoms with Gasteiger partial charge in [0.1, 0.15) is 0 Å². The minimum absolute atomic E-state index is 0.811. The van der Waals surface area contributed by atoms with E-state index >= 15 is 0 Å². The maximum absolute atomic E-state index is 5.64. The summed E-state index contributed by atoms with van der Waals surface area (Å²) in [4.78, 5) is 0. The van der Waals surface area contributed by atoms with Crippen LogP contribution in [0.15, 0.2) is 0 Å². The van der Waals surface area contributed by atoms with Crippen LogP contribution in [0.4, 0.5) is 0 Å². The summed E-state index contributed by atoms with van der Waals surface area (Å²) in [6.07, 6.45) is 4.25. The van der Waals surface area contributed by atoms with Crippen LogP contribution in [0.3, 0.4) is 0 Å². The Labute approximate surface area is 71.6 Å². The zero-order valence-electron chi connectivity index (χ0n) is 5.46. The van der Waals surface area contributed by atoms with E-state index in [1.807, 2.05) is 0 Å². The molecular weight excluding hydrogens is 197 g/mol. The van der Waals surface area contributed by atoms with Crippen LogP contribution < -0.4 is 0 Å². The van der Waals surface area contributed by atoms with E-state index in [0.29, 0.717) is 0 Å². The van der Waals surface area contributed by atoms with Crippen molar-refractivity contribution >= 4 is 39.0 Å². The average Bonchev–Trinajstić information content (AvgIpc) is 1.63. The Hall–Kier alpha value is 1.30. The van der Waals surface area contributed by atoms with Gasteiger partial charge in [-0.3, -0.25) is 0 Å². The van der Waals surface area contributed by atoms with Gasteiger partial charge in [-0.15, -0.1) is 0 Å². The molecule has 0 atom stereocenters. The van der Waals surface area contributed by atoms with Gasteiger partial charge in [0.2, 0.25) is 0 Å². The van der Waals surface area contributed by atoms with Crippen molar-refractivity contribution in [3.63, 3.8) is 0 Å². The molecule has 0 saturated heterocycles. The summed E-state index contributed by atoms with van der Waals surface area (Å²) in [7, 11) is 0. The third-order valence-corrected chi connectivity index (χ3v) is 3.69. The zero-order chi connectivity index (χ0) is 7.33. The Morgan fingerprint density at radius 3 is 2.00 bits per heavy atom. The van der Waals surface area contributed by atoms with Crippen LogP contribution in [0.5, 0.6) is 0 Å². The summed E-state index contributed by atoms with van der Waals surface area (Å²) >= 11 is 16.9. The predicted molar refractivity (Wildman–Crippen MR) is 50.3 cm³/mol. The second kappa shape index (κ2) is 5.02. The van der Waals surface area contributed by atoms with Crippen LogP contribution in [-0.4, -0.2) is 6.16 Å². The van der Waals surface area contributed by atoms with Gasteiger partial charge in [-0.25, -0.2) is 0 Å². The average molecular weight is 209 g/mol. The maximum atomic E-state index is 5.64. The fourth-order valence-corrected chi connectivity index (χ4v) is 2.43. The van der Waals surface area contributed by atoms with E-state index in [-0.39, 0.29) is 0 Å². The van der Waals surface area contributed by atoms with Crippen LogP contribution in [-0.2, 0) is 0 Å². The Kier molecular flexibility index (Phi) is 5.74. The first-order chi connectivity index (χ1) is 4.06. The molecule has 0 aromatic rings. The summed E-state index contributed by atoms with van der Waals surface area (Å²) in [5.41, 5.74) is 0. The fraction of sp³-hybridized carbons (Fsp3) is 1.00. The van der Waals surface area contributed by atoms with Crippen molar-refractivity contribution in [3.8, 4) is 0 Å². The second-order valence-electron chi connectivity index (χ2n) is 2.07. The molecule has 0 amide bonds. The number of hydrogen-bond donors (Lipinski definition) is 0. The summed E-state index contributed by atoms with van der Waals surface area (Å²) in [6.45, 7) is 2.14. The first-order valence-electron chi connectivity index (χ1n) is 3.13. The van der Waals surface area contributed by atoms with Gasteiger partial charge in [0.15, 0.2) is 0 Å². The molecule has 0 aliphatic carbocycles. The predicted octanol–water partition coefficient (Wildman–Crippen LogP) is 4.39. The number of hydrogen-bond acceptors (Lipinski definition) is 0. The number of rotatable bonds is 4.